The van der Waals surface area contributed by atoms with E-state index in [-0.39, 0.29) is 11.9 Å². The standard InChI is InChI=1S/C11H15BrFN/c1-3-7(2)11(14)9-5-4-8(13)6-10(9)12/h4-7,11H,3,14H2,1-2H3. The molecule has 1 aromatic rings. The Kier molecular flexibility index (Phi) is 4.08. The van der Waals surface area contributed by atoms with E-state index >= 15 is 0 Å². The van der Waals surface area contributed by atoms with Gasteiger partial charge in [-0.25, -0.2) is 4.39 Å². The van der Waals surface area contributed by atoms with E-state index in [4.69, 9.17) is 5.73 Å². The number of nitrogens with two attached hydrogens (primary N) is 1. The zero-order valence-electron chi connectivity index (χ0n) is 8.43. The molecule has 0 fully saturated rings. The Morgan fingerprint density at radius 3 is 2.64 bits per heavy atom. The average molecular weight is 260 g/mol. The first-order valence-electron chi connectivity index (χ1n) is 4.76. The summed E-state index contributed by atoms with van der Waals surface area (Å²) in [5, 5.41) is 0. The maximum Gasteiger partial charge on any atom is 0.124 e. The SMILES string of the molecule is CCC(C)C(N)c1ccc(F)cc1Br. The molecule has 14 heavy (non-hydrogen) atoms. The van der Waals surface area contributed by atoms with Crippen LogP contribution in [0.4, 0.5) is 4.39 Å². The molecule has 0 aliphatic rings. The van der Waals surface area contributed by atoms with E-state index in [0.717, 1.165) is 16.5 Å². The van der Waals surface area contributed by atoms with Crippen LogP contribution in [0.15, 0.2) is 22.7 Å². The van der Waals surface area contributed by atoms with E-state index in [1.165, 1.54) is 12.1 Å². The zero-order valence-corrected chi connectivity index (χ0v) is 10.0. The minimum absolute atomic E-state index is 0.0324. The van der Waals surface area contributed by atoms with Crippen molar-refractivity contribution >= 4 is 15.9 Å². The fraction of sp³-hybridized carbons (Fsp3) is 0.455. The molecule has 2 N–H and O–H groups in total. The lowest BCUT2D eigenvalue weighted by Crippen LogP contribution is -2.19. The van der Waals surface area contributed by atoms with Gasteiger partial charge in [0.1, 0.15) is 5.82 Å². The van der Waals surface area contributed by atoms with Crippen molar-refractivity contribution in [3.63, 3.8) is 0 Å². The Labute approximate surface area is 92.6 Å². The van der Waals surface area contributed by atoms with Gasteiger partial charge in [-0.3, -0.25) is 0 Å². The van der Waals surface area contributed by atoms with Crippen molar-refractivity contribution in [3.8, 4) is 0 Å². The van der Waals surface area contributed by atoms with Crippen LogP contribution in [0.2, 0.25) is 0 Å². The first-order chi connectivity index (χ1) is 6.56. The number of hydrogen-bond acceptors (Lipinski definition) is 1. The maximum atomic E-state index is 12.8. The summed E-state index contributed by atoms with van der Waals surface area (Å²) in [5.41, 5.74) is 7.02. The van der Waals surface area contributed by atoms with Gasteiger partial charge in [0.15, 0.2) is 0 Å². The summed E-state index contributed by atoms with van der Waals surface area (Å²) in [5.74, 6) is 0.161. The maximum absolute atomic E-state index is 12.8. The van der Waals surface area contributed by atoms with Crippen molar-refractivity contribution < 1.29 is 4.39 Å². The van der Waals surface area contributed by atoms with Gasteiger partial charge in [-0.15, -0.1) is 0 Å². The van der Waals surface area contributed by atoms with Crippen LogP contribution in [0, 0.1) is 11.7 Å². The second kappa shape index (κ2) is 4.89. The zero-order chi connectivity index (χ0) is 10.7. The monoisotopic (exact) mass is 259 g/mol. The number of hydrogen-bond donors (Lipinski definition) is 1. The predicted molar refractivity (Wildman–Crippen MR) is 60.5 cm³/mol. The normalized spacial score (nSPS) is 15.2. The highest BCUT2D eigenvalue weighted by Crippen LogP contribution is 2.28. The summed E-state index contributed by atoms with van der Waals surface area (Å²) in [6.07, 6.45) is 1.02. The van der Waals surface area contributed by atoms with Crippen LogP contribution in [0.3, 0.4) is 0 Å². The fourth-order valence-electron chi connectivity index (χ4n) is 1.33. The van der Waals surface area contributed by atoms with Gasteiger partial charge in [0, 0.05) is 10.5 Å². The third kappa shape index (κ3) is 2.55. The lowest BCUT2D eigenvalue weighted by molar-refractivity contribution is 0.455. The van der Waals surface area contributed by atoms with Crippen molar-refractivity contribution in [1.29, 1.82) is 0 Å². The lowest BCUT2D eigenvalue weighted by atomic mass is 9.93. The highest BCUT2D eigenvalue weighted by molar-refractivity contribution is 9.10. The largest absolute Gasteiger partial charge is 0.324 e. The van der Waals surface area contributed by atoms with Crippen LogP contribution in [0.1, 0.15) is 31.9 Å². The highest BCUT2D eigenvalue weighted by Gasteiger charge is 2.15. The highest BCUT2D eigenvalue weighted by atomic mass is 79.9. The van der Waals surface area contributed by atoms with Crippen LogP contribution in [-0.4, -0.2) is 0 Å². The number of halogens is 2. The van der Waals surface area contributed by atoms with Gasteiger partial charge in [0.05, 0.1) is 0 Å². The second-order valence-corrected chi connectivity index (χ2v) is 4.43. The van der Waals surface area contributed by atoms with E-state index in [0.29, 0.717) is 5.92 Å². The smallest absolute Gasteiger partial charge is 0.124 e. The number of rotatable bonds is 3. The molecule has 1 nitrogen and oxygen atoms in total. The summed E-state index contributed by atoms with van der Waals surface area (Å²) in [7, 11) is 0. The van der Waals surface area contributed by atoms with Crippen molar-refractivity contribution in [2.75, 3.05) is 0 Å². The van der Waals surface area contributed by atoms with Crippen LogP contribution >= 0.6 is 15.9 Å². The molecule has 0 aromatic heterocycles. The molecule has 0 aliphatic heterocycles. The molecule has 1 rings (SSSR count). The average Bonchev–Trinajstić information content (AvgIpc) is 2.15. The molecule has 0 amide bonds. The Morgan fingerprint density at radius 2 is 2.14 bits per heavy atom. The summed E-state index contributed by atoms with van der Waals surface area (Å²) >= 11 is 3.33. The van der Waals surface area contributed by atoms with Gasteiger partial charge in [-0.1, -0.05) is 42.3 Å². The topological polar surface area (TPSA) is 26.0 Å². The summed E-state index contributed by atoms with van der Waals surface area (Å²) in [6.45, 7) is 4.20. The molecule has 0 bridgehead atoms. The van der Waals surface area contributed by atoms with E-state index in [2.05, 4.69) is 29.8 Å². The molecular weight excluding hydrogens is 245 g/mol. The van der Waals surface area contributed by atoms with E-state index in [1.807, 2.05) is 0 Å². The molecule has 78 valence electrons. The first-order valence-corrected chi connectivity index (χ1v) is 5.56. The van der Waals surface area contributed by atoms with Crippen molar-refractivity contribution in [3.05, 3.63) is 34.1 Å². The van der Waals surface area contributed by atoms with Gasteiger partial charge in [-0.2, -0.15) is 0 Å². The van der Waals surface area contributed by atoms with Crippen LogP contribution in [-0.2, 0) is 0 Å². The van der Waals surface area contributed by atoms with Gasteiger partial charge >= 0.3 is 0 Å². The molecule has 2 unspecified atom stereocenters. The number of benzene rings is 1. The third-order valence-electron chi connectivity index (χ3n) is 2.58. The third-order valence-corrected chi connectivity index (χ3v) is 3.27. The first kappa shape index (κ1) is 11.7. The van der Waals surface area contributed by atoms with Crippen LogP contribution in [0.25, 0.3) is 0 Å². The molecular formula is C11H15BrFN. The summed E-state index contributed by atoms with van der Waals surface area (Å²) < 4.78 is 13.6. The molecule has 2 atom stereocenters. The van der Waals surface area contributed by atoms with Crippen molar-refractivity contribution in [2.45, 2.75) is 26.3 Å². The molecule has 1 aromatic carbocycles. The lowest BCUT2D eigenvalue weighted by Gasteiger charge is -2.19. The summed E-state index contributed by atoms with van der Waals surface area (Å²) in [4.78, 5) is 0. The minimum Gasteiger partial charge on any atom is -0.324 e. The van der Waals surface area contributed by atoms with Gasteiger partial charge in [-0.05, 0) is 23.6 Å². The molecule has 0 heterocycles. The Balaban J connectivity index is 2.95. The fourth-order valence-corrected chi connectivity index (χ4v) is 1.95. The van der Waals surface area contributed by atoms with Crippen LogP contribution in [0.5, 0.6) is 0 Å². The van der Waals surface area contributed by atoms with Gasteiger partial charge in [0.25, 0.3) is 0 Å². The van der Waals surface area contributed by atoms with Crippen molar-refractivity contribution in [1.82, 2.24) is 0 Å². The second-order valence-electron chi connectivity index (χ2n) is 3.58. The molecule has 3 heteroatoms. The van der Waals surface area contributed by atoms with E-state index in [1.54, 1.807) is 6.07 Å². The molecule has 0 saturated heterocycles. The Bertz CT molecular complexity index is 314. The van der Waals surface area contributed by atoms with Crippen molar-refractivity contribution in [2.24, 2.45) is 11.7 Å². The molecule has 0 aliphatic carbocycles. The molecule has 0 spiro atoms. The van der Waals surface area contributed by atoms with Gasteiger partial charge < -0.3 is 5.73 Å². The molecule has 0 radical (unpaired) electrons. The molecule has 0 saturated carbocycles. The predicted octanol–water partition coefficient (Wildman–Crippen LogP) is 3.63. The van der Waals surface area contributed by atoms with Crippen LogP contribution < -0.4 is 5.73 Å². The van der Waals surface area contributed by atoms with Gasteiger partial charge in [0.2, 0.25) is 0 Å². The quantitative estimate of drug-likeness (QED) is 0.882. The minimum atomic E-state index is -0.239. The summed E-state index contributed by atoms with van der Waals surface area (Å²) in [6, 6.07) is 4.62. The van der Waals surface area contributed by atoms with E-state index < -0.39 is 0 Å². The Morgan fingerprint density at radius 1 is 1.50 bits per heavy atom. The Hall–Kier alpha value is -0.410. The van der Waals surface area contributed by atoms with E-state index in [9.17, 15) is 4.39 Å².